The summed E-state index contributed by atoms with van der Waals surface area (Å²) < 4.78 is 42.7. The molecule has 0 aromatic heterocycles. The molecule has 0 aliphatic rings. The molecule has 0 amide bonds. The largest absolute Gasteiger partial charge is 0.469 e. The number of alkyl halides is 3. The molecular weight excluding hydrogens is 339 g/mol. The maximum Gasteiger partial charge on any atom is 0.416 e. The minimum atomic E-state index is -4.37. The van der Waals surface area contributed by atoms with Crippen LogP contribution in [0.5, 0.6) is 0 Å². The molecule has 0 atom stereocenters. The van der Waals surface area contributed by atoms with E-state index in [1.807, 2.05) is 6.92 Å². The van der Waals surface area contributed by atoms with Gasteiger partial charge in [-0.05, 0) is 41.1 Å². The SMILES string of the molecule is CCN(CCC(=O)OC)c1ccc(C(F)(F)F)cc1Br. The molecule has 0 bridgehead atoms. The van der Waals surface area contributed by atoms with E-state index in [9.17, 15) is 18.0 Å². The number of benzene rings is 1. The van der Waals surface area contributed by atoms with E-state index in [2.05, 4.69) is 20.7 Å². The Morgan fingerprint density at radius 1 is 1.40 bits per heavy atom. The van der Waals surface area contributed by atoms with Gasteiger partial charge >= 0.3 is 12.1 Å². The Morgan fingerprint density at radius 3 is 2.50 bits per heavy atom. The van der Waals surface area contributed by atoms with Gasteiger partial charge < -0.3 is 9.64 Å². The fourth-order valence-corrected chi connectivity index (χ4v) is 2.35. The normalized spacial score (nSPS) is 11.3. The predicted octanol–water partition coefficient (Wildman–Crippen LogP) is 3.86. The Bertz CT molecular complexity index is 477. The van der Waals surface area contributed by atoms with Crippen LogP contribution in [0.25, 0.3) is 0 Å². The van der Waals surface area contributed by atoms with Crippen molar-refractivity contribution in [3.8, 4) is 0 Å². The monoisotopic (exact) mass is 353 g/mol. The molecule has 1 rings (SSSR count). The molecule has 1 aromatic rings. The van der Waals surface area contributed by atoms with Crippen molar-refractivity contribution >= 4 is 27.6 Å². The molecule has 20 heavy (non-hydrogen) atoms. The Hall–Kier alpha value is -1.24. The molecule has 0 aliphatic carbocycles. The van der Waals surface area contributed by atoms with Gasteiger partial charge in [0, 0.05) is 17.6 Å². The van der Waals surface area contributed by atoms with Gasteiger partial charge in [0.05, 0.1) is 24.8 Å². The molecule has 112 valence electrons. The topological polar surface area (TPSA) is 29.5 Å². The van der Waals surface area contributed by atoms with Crippen molar-refractivity contribution in [2.24, 2.45) is 0 Å². The van der Waals surface area contributed by atoms with E-state index in [1.54, 1.807) is 4.90 Å². The Kier molecular flexibility index (Phi) is 5.86. The molecule has 7 heteroatoms. The third-order valence-corrected chi connectivity index (χ3v) is 3.45. The van der Waals surface area contributed by atoms with Crippen LogP contribution in [0.4, 0.5) is 18.9 Å². The zero-order chi connectivity index (χ0) is 15.3. The lowest BCUT2D eigenvalue weighted by Crippen LogP contribution is -2.26. The predicted molar refractivity (Wildman–Crippen MR) is 73.7 cm³/mol. The molecule has 0 saturated heterocycles. The first-order valence-corrected chi connectivity index (χ1v) is 6.77. The summed E-state index contributed by atoms with van der Waals surface area (Å²) in [5, 5.41) is 0. The summed E-state index contributed by atoms with van der Waals surface area (Å²) in [7, 11) is 1.30. The van der Waals surface area contributed by atoms with Crippen LogP contribution in [-0.2, 0) is 15.7 Å². The minimum absolute atomic E-state index is 0.178. The van der Waals surface area contributed by atoms with Crippen LogP contribution in [0.2, 0.25) is 0 Å². The first kappa shape index (κ1) is 16.8. The fourth-order valence-electron chi connectivity index (χ4n) is 1.72. The van der Waals surface area contributed by atoms with Crippen molar-refractivity contribution in [2.45, 2.75) is 19.5 Å². The lowest BCUT2D eigenvalue weighted by Gasteiger charge is -2.24. The third kappa shape index (κ3) is 4.40. The van der Waals surface area contributed by atoms with Crippen LogP contribution in [0.3, 0.4) is 0 Å². The number of anilines is 1. The van der Waals surface area contributed by atoms with Crippen LogP contribution in [0.1, 0.15) is 18.9 Å². The highest BCUT2D eigenvalue weighted by molar-refractivity contribution is 9.10. The lowest BCUT2D eigenvalue weighted by atomic mass is 10.2. The number of rotatable bonds is 5. The summed E-state index contributed by atoms with van der Waals surface area (Å²) in [4.78, 5) is 12.9. The molecule has 0 N–H and O–H groups in total. The van der Waals surface area contributed by atoms with Gasteiger partial charge in [-0.2, -0.15) is 13.2 Å². The van der Waals surface area contributed by atoms with Crippen molar-refractivity contribution < 1.29 is 22.7 Å². The lowest BCUT2D eigenvalue weighted by molar-refractivity contribution is -0.140. The van der Waals surface area contributed by atoms with E-state index < -0.39 is 11.7 Å². The standard InChI is InChI=1S/C13H15BrF3NO2/c1-3-18(7-6-12(19)20-2)11-5-4-9(8-10(11)14)13(15,16)17/h4-5,8H,3,6-7H2,1-2H3. The molecule has 0 aliphatic heterocycles. The molecule has 0 fully saturated rings. The van der Waals surface area contributed by atoms with Gasteiger partial charge in [0.15, 0.2) is 0 Å². The average molecular weight is 354 g/mol. The quantitative estimate of drug-likeness (QED) is 0.753. The van der Waals surface area contributed by atoms with Gasteiger partial charge in [0.1, 0.15) is 0 Å². The van der Waals surface area contributed by atoms with Crippen molar-refractivity contribution in [2.75, 3.05) is 25.1 Å². The summed E-state index contributed by atoms with van der Waals surface area (Å²) >= 11 is 3.15. The Morgan fingerprint density at radius 2 is 2.05 bits per heavy atom. The first-order valence-electron chi connectivity index (χ1n) is 5.98. The Labute approximate surface area is 123 Å². The zero-order valence-electron chi connectivity index (χ0n) is 11.1. The fraction of sp³-hybridized carbons (Fsp3) is 0.462. The van der Waals surface area contributed by atoms with Crippen molar-refractivity contribution in [1.82, 2.24) is 0 Å². The van der Waals surface area contributed by atoms with Crippen molar-refractivity contribution in [1.29, 1.82) is 0 Å². The van der Waals surface area contributed by atoms with E-state index >= 15 is 0 Å². The molecule has 1 aromatic carbocycles. The van der Waals surface area contributed by atoms with Crippen LogP contribution in [0, 0.1) is 0 Å². The number of hydrogen-bond acceptors (Lipinski definition) is 3. The van der Waals surface area contributed by atoms with Crippen LogP contribution in [0.15, 0.2) is 22.7 Å². The molecule has 3 nitrogen and oxygen atoms in total. The van der Waals surface area contributed by atoms with E-state index in [0.717, 1.165) is 12.1 Å². The Balaban J connectivity index is 2.91. The molecule has 0 radical (unpaired) electrons. The molecule has 0 spiro atoms. The average Bonchev–Trinajstić information content (AvgIpc) is 2.39. The summed E-state index contributed by atoms with van der Waals surface area (Å²) in [5.41, 5.74) is -0.0958. The first-order chi connectivity index (χ1) is 9.29. The highest BCUT2D eigenvalue weighted by atomic mass is 79.9. The minimum Gasteiger partial charge on any atom is -0.469 e. The van der Waals surface area contributed by atoms with Crippen LogP contribution >= 0.6 is 15.9 Å². The van der Waals surface area contributed by atoms with Crippen molar-refractivity contribution in [3.05, 3.63) is 28.2 Å². The van der Waals surface area contributed by atoms with E-state index in [-0.39, 0.29) is 12.4 Å². The summed E-state index contributed by atoms with van der Waals surface area (Å²) in [5.74, 6) is -0.355. The number of ether oxygens (including phenoxy) is 1. The molecule has 0 unspecified atom stereocenters. The van der Waals surface area contributed by atoms with Gasteiger partial charge in [0.2, 0.25) is 0 Å². The van der Waals surface area contributed by atoms with Crippen molar-refractivity contribution in [3.63, 3.8) is 0 Å². The van der Waals surface area contributed by atoms with Gasteiger partial charge in [-0.25, -0.2) is 0 Å². The number of halogens is 4. The maximum atomic E-state index is 12.6. The maximum absolute atomic E-state index is 12.6. The number of nitrogens with zero attached hydrogens (tertiary/aromatic N) is 1. The molecule has 0 heterocycles. The number of methoxy groups -OCH3 is 1. The van der Waals surface area contributed by atoms with Gasteiger partial charge in [-0.1, -0.05) is 0 Å². The summed E-state index contributed by atoms with van der Waals surface area (Å²) in [6.07, 6.45) is -4.19. The van der Waals surface area contributed by atoms with Crippen LogP contribution in [-0.4, -0.2) is 26.2 Å². The second-order valence-electron chi connectivity index (χ2n) is 4.07. The number of carbonyl (C=O) groups is 1. The van der Waals surface area contributed by atoms with Gasteiger partial charge in [-0.15, -0.1) is 0 Å². The highest BCUT2D eigenvalue weighted by Gasteiger charge is 2.31. The third-order valence-electron chi connectivity index (χ3n) is 2.81. The number of carbonyl (C=O) groups excluding carboxylic acids is 1. The summed E-state index contributed by atoms with van der Waals surface area (Å²) in [6.45, 7) is 2.81. The molecule has 0 saturated carbocycles. The van der Waals surface area contributed by atoms with Crippen LogP contribution < -0.4 is 4.90 Å². The molecular formula is C13H15BrF3NO2. The number of esters is 1. The van der Waals surface area contributed by atoms with Gasteiger partial charge in [0.25, 0.3) is 0 Å². The number of hydrogen-bond donors (Lipinski definition) is 0. The van der Waals surface area contributed by atoms with Gasteiger partial charge in [-0.3, -0.25) is 4.79 Å². The van der Waals surface area contributed by atoms with E-state index in [1.165, 1.54) is 13.2 Å². The summed E-state index contributed by atoms with van der Waals surface area (Å²) in [6, 6.07) is 3.46. The second kappa shape index (κ2) is 6.97. The van der Waals surface area contributed by atoms with E-state index in [4.69, 9.17) is 0 Å². The zero-order valence-corrected chi connectivity index (χ0v) is 12.7. The smallest absolute Gasteiger partial charge is 0.416 e. The van der Waals surface area contributed by atoms with E-state index in [0.29, 0.717) is 23.2 Å². The second-order valence-corrected chi connectivity index (χ2v) is 4.92. The highest BCUT2D eigenvalue weighted by Crippen LogP contribution is 2.35.